The van der Waals surface area contributed by atoms with Crippen molar-refractivity contribution in [2.75, 3.05) is 12.4 Å². The molecule has 0 aliphatic rings. The second-order valence-corrected chi connectivity index (χ2v) is 5.44. The van der Waals surface area contributed by atoms with Crippen LogP contribution in [0.3, 0.4) is 0 Å². The minimum absolute atomic E-state index is 0.223. The van der Waals surface area contributed by atoms with Gasteiger partial charge in [-0.3, -0.25) is 4.79 Å². The quantitative estimate of drug-likeness (QED) is 0.511. The highest BCUT2D eigenvalue weighted by molar-refractivity contribution is 7.98. The fraction of sp³-hybridized carbons (Fsp3) is 0.455. The van der Waals surface area contributed by atoms with Crippen molar-refractivity contribution in [1.29, 1.82) is 0 Å². The van der Waals surface area contributed by atoms with Crippen molar-refractivity contribution in [3.8, 4) is 0 Å². The number of hydrogen-bond acceptors (Lipinski definition) is 7. The van der Waals surface area contributed by atoms with Crippen LogP contribution in [0.2, 0.25) is 0 Å². The van der Waals surface area contributed by atoms with Gasteiger partial charge in [-0.2, -0.15) is 11.8 Å². The maximum absolute atomic E-state index is 11.4. The average Bonchev–Trinajstić information content (AvgIpc) is 2.86. The molecule has 1 rings (SSSR count). The summed E-state index contributed by atoms with van der Waals surface area (Å²) in [4.78, 5) is 36.5. The number of amides is 1. The number of carboxylic acids is 1. The molecule has 0 saturated carbocycles. The van der Waals surface area contributed by atoms with Crippen LogP contribution in [0, 0.1) is 0 Å². The molecule has 0 aliphatic heterocycles. The molecule has 1 aromatic heterocycles. The lowest BCUT2D eigenvalue weighted by molar-refractivity contribution is -0.139. The highest BCUT2D eigenvalue weighted by atomic mass is 32.2. The van der Waals surface area contributed by atoms with Crippen LogP contribution < -0.4 is 5.32 Å². The monoisotopic (exact) mass is 318 g/mol. The summed E-state index contributed by atoms with van der Waals surface area (Å²) in [5.41, 5.74) is 0.679. The van der Waals surface area contributed by atoms with E-state index in [0.29, 0.717) is 24.5 Å². The molecule has 7 nitrogen and oxygen atoms in total. The van der Waals surface area contributed by atoms with Crippen LogP contribution in [-0.2, 0) is 20.1 Å². The van der Waals surface area contributed by atoms with E-state index in [1.807, 2.05) is 0 Å². The molecular weight excluding hydrogens is 304 g/mol. The van der Waals surface area contributed by atoms with Crippen LogP contribution in [0.1, 0.15) is 22.4 Å². The Balaban J connectivity index is 2.44. The molecule has 110 valence electrons. The summed E-state index contributed by atoms with van der Waals surface area (Å²) in [6.45, 7) is 2.01. The number of ether oxygens (including phenoxy) is 1. The number of aromatic nitrogens is 1. The fourth-order valence-electron chi connectivity index (χ4n) is 1.21. The van der Waals surface area contributed by atoms with Gasteiger partial charge >= 0.3 is 11.9 Å². The van der Waals surface area contributed by atoms with Crippen molar-refractivity contribution in [2.24, 2.45) is 0 Å². The minimum Gasteiger partial charge on any atom is -0.480 e. The zero-order chi connectivity index (χ0) is 15.0. The molecule has 0 aromatic carbocycles. The van der Waals surface area contributed by atoms with Gasteiger partial charge in [-0.05, 0) is 6.92 Å². The first-order chi connectivity index (χ1) is 9.58. The molecule has 1 aromatic rings. The van der Waals surface area contributed by atoms with Crippen molar-refractivity contribution in [3.05, 3.63) is 16.1 Å². The summed E-state index contributed by atoms with van der Waals surface area (Å²) in [5, 5.41) is 13.0. The predicted octanol–water partition coefficient (Wildman–Crippen LogP) is 0.752. The summed E-state index contributed by atoms with van der Waals surface area (Å²) in [5.74, 6) is -0.865. The number of nitrogens with one attached hydrogen (secondary N) is 1. The second kappa shape index (κ2) is 8.54. The van der Waals surface area contributed by atoms with Gasteiger partial charge in [0, 0.05) is 16.9 Å². The molecule has 0 aliphatic carbocycles. The number of rotatable bonds is 9. The lowest BCUT2D eigenvalue weighted by atomic mass is 10.3. The Bertz CT molecular complexity index is 477. The molecule has 0 saturated heterocycles. The normalized spacial score (nSPS) is 11.7. The van der Waals surface area contributed by atoms with Gasteiger partial charge in [0.2, 0.25) is 11.4 Å². The van der Waals surface area contributed by atoms with Gasteiger partial charge in [-0.1, -0.05) is 0 Å². The topological polar surface area (TPSA) is 106 Å². The van der Waals surface area contributed by atoms with Gasteiger partial charge in [0.1, 0.15) is 6.04 Å². The van der Waals surface area contributed by atoms with Crippen molar-refractivity contribution in [1.82, 2.24) is 10.3 Å². The first kappa shape index (κ1) is 16.4. The molecule has 1 atom stereocenters. The van der Waals surface area contributed by atoms with Crippen LogP contribution in [0.25, 0.3) is 0 Å². The minimum atomic E-state index is -1.09. The van der Waals surface area contributed by atoms with Crippen molar-refractivity contribution >= 4 is 41.4 Å². The van der Waals surface area contributed by atoms with Gasteiger partial charge < -0.3 is 15.2 Å². The molecule has 1 amide bonds. The van der Waals surface area contributed by atoms with Gasteiger partial charge in [-0.15, -0.1) is 11.3 Å². The van der Waals surface area contributed by atoms with E-state index in [1.54, 1.807) is 12.3 Å². The van der Waals surface area contributed by atoms with Crippen molar-refractivity contribution in [3.63, 3.8) is 0 Å². The fourth-order valence-corrected chi connectivity index (χ4v) is 2.98. The number of carboxylic acid groups (broad SMARTS) is 1. The number of thiazole rings is 1. The van der Waals surface area contributed by atoms with Crippen LogP contribution in [-0.4, -0.2) is 46.8 Å². The van der Waals surface area contributed by atoms with E-state index in [1.165, 1.54) is 23.1 Å². The Hall–Kier alpha value is -1.61. The number of esters is 1. The molecule has 0 radical (unpaired) electrons. The van der Waals surface area contributed by atoms with Gasteiger partial charge in [0.25, 0.3) is 0 Å². The number of aliphatic carboxylic acids is 1. The van der Waals surface area contributed by atoms with E-state index in [9.17, 15) is 14.4 Å². The van der Waals surface area contributed by atoms with Crippen LogP contribution >= 0.6 is 23.1 Å². The number of carbonyl (C=O) groups excluding carboxylic acids is 2. The van der Waals surface area contributed by atoms with E-state index in [2.05, 4.69) is 10.3 Å². The largest absolute Gasteiger partial charge is 0.480 e. The maximum atomic E-state index is 11.4. The lowest BCUT2D eigenvalue weighted by Crippen LogP contribution is -2.37. The first-order valence-corrected chi connectivity index (χ1v) is 7.73. The van der Waals surface area contributed by atoms with Crippen molar-refractivity contribution in [2.45, 2.75) is 18.7 Å². The standard InChI is InChI=1S/C11H14N2O5S2/c1-2-18-11(17)9-13-7(4-20-9)3-19-5-8(10(15)16)12-6-14/h4,6,8H,2-3,5H2,1H3,(H,12,14)(H,15,16). The number of nitrogens with zero attached hydrogens (tertiary/aromatic N) is 1. The molecule has 20 heavy (non-hydrogen) atoms. The Morgan fingerprint density at radius 1 is 1.65 bits per heavy atom. The predicted molar refractivity (Wildman–Crippen MR) is 74.9 cm³/mol. The summed E-state index contributed by atoms with van der Waals surface area (Å²) < 4.78 is 4.82. The molecule has 1 unspecified atom stereocenters. The third-order valence-electron chi connectivity index (χ3n) is 2.10. The summed E-state index contributed by atoms with van der Waals surface area (Å²) in [6.07, 6.45) is 0.362. The number of carbonyl (C=O) groups is 3. The van der Waals surface area contributed by atoms with Crippen LogP contribution in [0.15, 0.2) is 5.38 Å². The summed E-state index contributed by atoms with van der Waals surface area (Å²) in [6, 6.07) is -0.930. The number of thioether (sulfide) groups is 1. The van der Waals surface area contributed by atoms with E-state index >= 15 is 0 Å². The molecular formula is C11H14N2O5S2. The van der Waals surface area contributed by atoms with Gasteiger partial charge in [0.15, 0.2) is 0 Å². The van der Waals surface area contributed by atoms with E-state index in [-0.39, 0.29) is 10.8 Å². The van der Waals surface area contributed by atoms with E-state index in [0.717, 1.165) is 0 Å². The van der Waals surface area contributed by atoms with E-state index < -0.39 is 18.0 Å². The second-order valence-electron chi connectivity index (χ2n) is 3.55. The Labute approximate surface area is 123 Å². The molecule has 0 spiro atoms. The Kier molecular flexibility index (Phi) is 7.02. The van der Waals surface area contributed by atoms with Gasteiger partial charge in [-0.25, -0.2) is 14.6 Å². The zero-order valence-corrected chi connectivity index (χ0v) is 12.3. The highest BCUT2D eigenvalue weighted by Gasteiger charge is 2.17. The van der Waals surface area contributed by atoms with E-state index in [4.69, 9.17) is 9.84 Å². The molecule has 1 heterocycles. The summed E-state index contributed by atoms with van der Waals surface area (Å²) >= 11 is 2.50. The molecule has 2 N–H and O–H groups in total. The lowest BCUT2D eigenvalue weighted by Gasteiger charge is -2.09. The average molecular weight is 318 g/mol. The summed E-state index contributed by atoms with van der Waals surface area (Å²) in [7, 11) is 0. The molecule has 0 bridgehead atoms. The molecule has 9 heteroatoms. The maximum Gasteiger partial charge on any atom is 0.367 e. The van der Waals surface area contributed by atoms with Crippen LogP contribution in [0.5, 0.6) is 0 Å². The number of hydrogen-bond donors (Lipinski definition) is 2. The SMILES string of the molecule is CCOC(=O)c1nc(CSCC(NC=O)C(=O)O)cs1. The highest BCUT2D eigenvalue weighted by Crippen LogP contribution is 2.17. The molecule has 0 fully saturated rings. The third kappa shape index (κ3) is 5.17. The Morgan fingerprint density at radius 3 is 3.00 bits per heavy atom. The van der Waals surface area contributed by atoms with Crippen LogP contribution in [0.4, 0.5) is 0 Å². The first-order valence-electron chi connectivity index (χ1n) is 5.70. The van der Waals surface area contributed by atoms with Gasteiger partial charge in [0.05, 0.1) is 12.3 Å². The smallest absolute Gasteiger partial charge is 0.367 e. The third-order valence-corrected chi connectivity index (χ3v) is 4.04. The Morgan fingerprint density at radius 2 is 2.40 bits per heavy atom. The zero-order valence-electron chi connectivity index (χ0n) is 10.7. The van der Waals surface area contributed by atoms with Crippen molar-refractivity contribution < 1.29 is 24.2 Å².